The van der Waals surface area contributed by atoms with Gasteiger partial charge >= 0.3 is 0 Å². The number of fused-ring (bicyclic) bond motifs is 1. The first-order valence-electron chi connectivity index (χ1n) is 11.3. The zero-order valence-corrected chi connectivity index (χ0v) is 20.4. The van der Waals surface area contributed by atoms with Gasteiger partial charge in [-0.1, -0.05) is 47.5 Å². The highest BCUT2D eigenvalue weighted by molar-refractivity contribution is 7.17. The molecule has 2 aromatic carbocycles. The van der Waals surface area contributed by atoms with Crippen LogP contribution in [-0.2, 0) is 11.3 Å². The van der Waals surface area contributed by atoms with Crippen molar-refractivity contribution >= 4 is 45.0 Å². The molecule has 0 aliphatic carbocycles. The molecule has 0 spiro atoms. The summed E-state index contributed by atoms with van der Waals surface area (Å²) in [6.07, 6.45) is 1.63. The quantitative estimate of drug-likeness (QED) is 0.428. The van der Waals surface area contributed by atoms with Crippen LogP contribution in [0.15, 0.2) is 64.8 Å². The average Bonchev–Trinajstić information content (AvgIpc) is 3.33. The van der Waals surface area contributed by atoms with Gasteiger partial charge in [0.1, 0.15) is 4.70 Å². The number of benzene rings is 2. The number of carbonyl (C=O) groups excluding carboxylic acids is 1. The highest BCUT2D eigenvalue weighted by Crippen LogP contribution is 2.27. The molecule has 8 heteroatoms. The molecule has 1 N–H and O–H groups in total. The predicted molar refractivity (Wildman–Crippen MR) is 138 cm³/mol. The Labute approximate surface area is 206 Å². The summed E-state index contributed by atoms with van der Waals surface area (Å²) in [5.74, 6) is 0.381. The van der Waals surface area contributed by atoms with E-state index in [1.807, 2.05) is 66.9 Å². The van der Waals surface area contributed by atoms with Crippen molar-refractivity contribution in [2.75, 3.05) is 18.0 Å². The van der Waals surface area contributed by atoms with Crippen LogP contribution in [-0.4, -0.2) is 28.5 Å². The second kappa shape index (κ2) is 9.60. The Morgan fingerprint density at radius 2 is 1.97 bits per heavy atom. The highest BCUT2D eigenvalue weighted by atomic mass is 35.5. The van der Waals surface area contributed by atoms with Crippen LogP contribution in [0.5, 0.6) is 0 Å². The lowest BCUT2D eigenvalue weighted by Crippen LogP contribution is -2.45. The standard InChI is InChI=1S/C26H25ClN4O2S/c1-17-8-10-20(11-9-17)31-25(33)23-22(12-14-34-23)29-26(31)30-13-4-6-19(16-30)24(32)28-15-18-5-2-3-7-21(18)27/h2-3,5,7-12,14,19H,4,6,13,15-16H2,1H3,(H,28,32)/t19-/m0/s1. The number of rotatable bonds is 5. The number of piperidine rings is 1. The van der Waals surface area contributed by atoms with E-state index < -0.39 is 0 Å². The number of hydrogen-bond donors (Lipinski definition) is 1. The molecule has 1 aliphatic heterocycles. The van der Waals surface area contributed by atoms with Crippen LogP contribution >= 0.6 is 22.9 Å². The number of anilines is 1. The van der Waals surface area contributed by atoms with Crippen LogP contribution in [0, 0.1) is 12.8 Å². The molecule has 2 aromatic heterocycles. The zero-order valence-electron chi connectivity index (χ0n) is 18.8. The maximum atomic E-state index is 13.5. The number of halogens is 1. The van der Waals surface area contributed by atoms with Crippen molar-refractivity contribution in [3.63, 3.8) is 0 Å². The zero-order chi connectivity index (χ0) is 23.7. The molecular formula is C26H25ClN4O2S. The summed E-state index contributed by atoms with van der Waals surface area (Å²) in [6, 6.07) is 17.3. The fourth-order valence-corrected chi connectivity index (χ4v) is 5.34. The van der Waals surface area contributed by atoms with Gasteiger partial charge in [0.2, 0.25) is 11.9 Å². The Morgan fingerprint density at radius 3 is 2.76 bits per heavy atom. The van der Waals surface area contributed by atoms with Crippen molar-refractivity contribution in [3.8, 4) is 5.69 Å². The van der Waals surface area contributed by atoms with E-state index >= 15 is 0 Å². The first kappa shape index (κ1) is 22.6. The average molecular weight is 493 g/mol. The third-order valence-corrected chi connectivity index (χ3v) is 7.50. The topological polar surface area (TPSA) is 67.2 Å². The molecule has 0 radical (unpaired) electrons. The Bertz CT molecular complexity index is 1400. The van der Waals surface area contributed by atoms with Crippen molar-refractivity contribution in [1.29, 1.82) is 0 Å². The number of nitrogens with zero attached hydrogens (tertiary/aromatic N) is 3. The first-order chi connectivity index (χ1) is 16.5. The van der Waals surface area contributed by atoms with Crippen molar-refractivity contribution in [1.82, 2.24) is 14.9 Å². The van der Waals surface area contributed by atoms with Gasteiger partial charge in [-0.3, -0.25) is 9.59 Å². The van der Waals surface area contributed by atoms with Crippen LogP contribution < -0.4 is 15.8 Å². The molecule has 0 saturated carbocycles. The second-order valence-electron chi connectivity index (χ2n) is 8.62. The summed E-state index contributed by atoms with van der Waals surface area (Å²) in [7, 11) is 0. The van der Waals surface area contributed by atoms with E-state index in [2.05, 4.69) is 10.2 Å². The number of hydrogen-bond acceptors (Lipinski definition) is 5. The molecular weight excluding hydrogens is 468 g/mol. The van der Waals surface area contributed by atoms with Gasteiger partial charge in [-0.2, -0.15) is 0 Å². The molecule has 6 nitrogen and oxygen atoms in total. The van der Waals surface area contributed by atoms with Crippen molar-refractivity contribution in [2.45, 2.75) is 26.3 Å². The van der Waals surface area contributed by atoms with E-state index in [-0.39, 0.29) is 17.4 Å². The molecule has 1 aliphatic rings. The second-order valence-corrected chi connectivity index (χ2v) is 9.94. The molecule has 3 heterocycles. The molecule has 174 valence electrons. The van der Waals surface area contributed by atoms with E-state index in [0.29, 0.717) is 34.3 Å². The molecule has 1 amide bonds. The van der Waals surface area contributed by atoms with Gasteiger partial charge in [-0.25, -0.2) is 9.55 Å². The van der Waals surface area contributed by atoms with Gasteiger partial charge in [0, 0.05) is 24.7 Å². The molecule has 4 aromatic rings. The van der Waals surface area contributed by atoms with Crippen LogP contribution in [0.25, 0.3) is 15.9 Å². The SMILES string of the molecule is Cc1ccc(-n2c(N3CCC[C@H](C(=O)NCc4ccccc4Cl)C3)nc3ccsc3c2=O)cc1. The maximum Gasteiger partial charge on any atom is 0.277 e. The number of nitrogens with one attached hydrogen (secondary N) is 1. The van der Waals surface area contributed by atoms with E-state index in [1.54, 1.807) is 4.57 Å². The molecule has 34 heavy (non-hydrogen) atoms. The van der Waals surface area contributed by atoms with Crippen molar-refractivity contribution in [2.24, 2.45) is 5.92 Å². The monoisotopic (exact) mass is 492 g/mol. The molecule has 5 rings (SSSR count). The summed E-state index contributed by atoms with van der Waals surface area (Å²) in [4.78, 5) is 33.4. The normalized spacial score (nSPS) is 16.1. The lowest BCUT2D eigenvalue weighted by molar-refractivity contribution is -0.125. The third-order valence-electron chi connectivity index (χ3n) is 6.24. The highest BCUT2D eigenvalue weighted by Gasteiger charge is 2.29. The van der Waals surface area contributed by atoms with Crippen molar-refractivity contribution < 1.29 is 4.79 Å². The summed E-state index contributed by atoms with van der Waals surface area (Å²) in [5, 5.41) is 5.57. The van der Waals surface area contributed by atoms with Gasteiger partial charge in [0.25, 0.3) is 5.56 Å². The summed E-state index contributed by atoms with van der Waals surface area (Å²) in [6.45, 7) is 3.65. The number of aromatic nitrogens is 2. The van der Waals surface area contributed by atoms with E-state index in [4.69, 9.17) is 16.6 Å². The Balaban J connectivity index is 1.43. The van der Waals surface area contributed by atoms with Crippen molar-refractivity contribution in [3.05, 3.63) is 86.5 Å². The molecule has 0 unspecified atom stereocenters. The summed E-state index contributed by atoms with van der Waals surface area (Å²) in [5.41, 5.74) is 3.40. The molecule has 0 bridgehead atoms. The fraction of sp³-hybridized carbons (Fsp3) is 0.269. The Hall–Kier alpha value is -3.16. The number of thiophene rings is 1. The van der Waals surface area contributed by atoms with Gasteiger partial charge in [-0.15, -0.1) is 11.3 Å². The van der Waals surface area contributed by atoms with Crippen LogP contribution in [0.2, 0.25) is 5.02 Å². The lowest BCUT2D eigenvalue weighted by Gasteiger charge is -2.34. The van der Waals surface area contributed by atoms with Gasteiger partial charge < -0.3 is 10.2 Å². The molecule has 1 atom stereocenters. The lowest BCUT2D eigenvalue weighted by atomic mass is 9.97. The minimum Gasteiger partial charge on any atom is -0.352 e. The Morgan fingerprint density at radius 1 is 1.18 bits per heavy atom. The largest absolute Gasteiger partial charge is 0.352 e. The fourth-order valence-electron chi connectivity index (χ4n) is 4.38. The van der Waals surface area contributed by atoms with E-state index in [0.717, 1.165) is 36.2 Å². The smallest absolute Gasteiger partial charge is 0.277 e. The van der Waals surface area contributed by atoms with E-state index in [9.17, 15) is 9.59 Å². The van der Waals surface area contributed by atoms with Gasteiger partial charge in [0.15, 0.2) is 0 Å². The number of amides is 1. The van der Waals surface area contributed by atoms with Crippen LogP contribution in [0.3, 0.4) is 0 Å². The van der Waals surface area contributed by atoms with Gasteiger partial charge in [-0.05, 0) is 55.0 Å². The summed E-state index contributed by atoms with van der Waals surface area (Å²) < 4.78 is 2.32. The minimum atomic E-state index is -0.197. The van der Waals surface area contributed by atoms with Crippen LogP contribution in [0.1, 0.15) is 24.0 Å². The third kappa shape index (κ3) is 4.45. The first-order valence-corrected chi connectivity index (χ1v) is 12.6. The molecule has 1 fully saturated rings. The summed E-state index contributed by atoms with van der Waals surface area (Å²) >= 11 is 7.64. The minimum absolute atomic E-state index is 0.00883. The van der Waals surface area contributed by atoms with Crippen LogP contribution in [0.4, 0.5) is 5.95 Å². The Kier molecular flexibility index (Phi) is 6.39. The van der Waals surface area contributed by atoms with E-state index in [1.165, 1.54) is 11.3 Å². The molecule has 1 saturated heterocycles. The maximum absolute atomic E-state index is 13.5. The van der Waals surface area contributed by atoms with Gasteiger partial charge in [0.05, 0.1) is 17.1 Å². The number of aryl methyl sites for hydroxylation is 1. The predicted octanol–water partition coefficient (Wildman–Crippen LogP) is 4.94. The number of carbonyl (C=O) groups is 1.